The van der Waals surface area contributed by atoms with Crippen molar-refractivity contribution in [1.29, 1.82) is 0 Å². The normalized spacial score (nSPS) is 13.8. The van der Waals surface area contributed by atoms with E-state index in [1.54, 1.807) is 19.1 Å². The monoisotopic (exact) mass is 272 g/mol. The van der Waals surface area contributed by atoms with Gasteiger partial charge < -0.3 is 0 Å². The largest absolute Gasteiger partial charge is 0.416 e. The predicted molar refractivity (Wildman–Crippen MR) is 73.6 cm³/mol. The molecule has 0 N–H and O–H groups in total. The number of hydrogen-bond donors (Lipinski definition) is 0. The molecular weight excluding hydrogens is 249 g/mol. The Kier molecular flexibility index (Phi) is 3.83. The summed E-state index contributed by atoms with van der Waals surface area (Å²) in [5.74, 6) is 0. The Bertz CT molecular complexity index is 468. The van der Waals surface area contributed by atoms with Gasteiger partial charge in [0, 0.05) is 0 Å². The molecule has 0 aliphatic rings. The molecule has 0 heterocycles. The van der Waals surface area contributed by atoms with Crippen LogP contribution in [-0.4, -0.2) is 0 Å². The molecule has 0 amide bonds. The van der Waals surface area contributed by atoms with Crippen LogP contribution in [0.4, 0.5) is 13.2 Å². The second kappa shape index (κ2) is 4.53. The Morgan fingerprint density at radius 3 is 1.58 bits per heavy atom. The van der Waals surface area contributed by atoms with Crippen LogP contribution in [0, 0.1) is 6.92 Å². The molecule has 0 atom stereocenters. The van der Waals surface area contributed by atoms with Crippen molar-refractivity contribution in [3.8, 4) is 0 Å². The van der Waals surface area contributed by atoms with Crippen molar-refractivity contribution in [3.63, 3.8) is 0 Å². The first-order chi connectivity index (χ1) is 8.24. The van der Waals surface area contributed by atoms with Crippen molar-refractivity contribution in [1.82, 2.24) is 0 Å². The highest BCUT2D eigenvalue weighted by Crippen LogP contribution is 2.41. The van der Waals surface area contributed by atoms with Gasteiger partial charge in [-0.05, 0) is 34.4 Å². The highest BCUT2D eigenvalue weighted by molar-refractivity contribution is 5.45. The molecule has 0 bridgehead atoms. The molecule has 1 rings (SSSR count). The minimum absolute atomic E-state index is 0.158. The summed E-state index contributed by atoms with van der Waals surface area (Å²) in [5, 5.41) is 0. The first-order valence-corrected chi connectivity index (χ1v) is 6.47. The summed E-state index contributed by atoms with van der Waals surface area (Å²) in [5.41, 5.74) is 0.469. The van der Waals surface area contributed by atoms with E-state index in [9.17, 15) is 13.2 Å². The van der Waals surface area contributed by atoms with Gasteiger partial charge >= 0.3 is 6.18 Å². The first-order valence-electron chi connectivity index (χ1n) is 6.47. The summed E-state index contributed by atoms with van der Waals surface area (Å²) in [7, 11) is 0. The van der Waals surface area contributed by atoms with E-state index in [4.69, 9.17) is 0 Å². The molecule has 0 aliphatic heterocycles. The maximum Gasteiger partial charge on any atom is 0.416 e. The van der Waals surface area contributed by atoms with E-state index in [0.717, 1.165) is 5.56 Å². The standard InChI is InChI=1S/C16H23F3/c1-10-8-11(14(2,3)4)9-12(15(5,6)7)13(10)16(17,18)19/h8-9H,1-7H3. The van der Waals surface area contributed by atoms with Gasteiger partial charge in [0.1, 0.15) is 0 Å². The lowest BCUT2D eigenvalue weighted by atomic mass is 9.77. The number of hydrogen-bond acceptors (Lipinski definition) is 0. The molecule has 0 unspecified atom stereocenters. The van der Waals surface area contributed by atoms with Crippen molar-refractivity contribution in [2.75, 3.05) is 0 Å². The number of alkyl halides is 3. The zero-order chi connectivity index (χ0) is 15.2. The minimum Gasteiger partial charge on any atom is -0.166 e. The van der Waals surface area contributed by atoms with E-state index in [1.165, 1.54) is 0 Å². The Morgan fingerprint density at radius 2 is 1.26 bits per heavy atom. The molecule has 1 aromatic rings. The summed E-state index contributed by atoms with van der Waals surface area (Å²) in [6, 6.07) is 3.38. The number of benzene rings is 1. The Hall–Kier alpha value is -0.990. The predicted octanol–water partition coefficient (Wildman–Crippen LogP) is 5.61. The smallest absolute Gasteiger partial charge is 0.166 e. The van der Waals surface area contributed by atoms with Gasteiger partial charge in [-0.25, -0.2) is 0 Å². The maximum absolute atomic E-state index is 13.3. The van der Waals surface area contributed by atoms with Crippen LogP contribution in [0.15, 0.2) is 12.1 Å². The van der Waals surface area contributed by atoms with Crippen LogP contribution < -0.4 is 0 Å². The third-order valence-electron chi connectivity index (χ3n) is 3.29. The zero-order valence-electron chi connectivity index (χ0n) is 12.8. The molecule has 1 aromatic carbocycles. The van der Waals surface area contributed by atoms with Gasteiger partial charge in [-0.15, -0.1) is 0 Å². The lowest BCUT2D eigenvalue weighted by Crippen LogP contribution is -2.23. The number of aryl methyl sites for hydroxylation is 1. The molecule has 0 saturated carbocycles. The Labute approximate surface area is 114 Å². The van der Waals surface area contributed by atoms with Gasteiger partial charge in [-0.2, -0.15) is 13.2 Å². The van der Waals surface area contributed by atoms with Crippen molar-refractivity contribution < 1.29 is 13.2 Å². The van der Waals surface area contributed by atoms with Crippen LogP contribution in [0.5, 0.6) is 0 Å². The van der Waals surface area contributed by atoms with Crippen molar-refractivity contribution in [2.45, 2.75) is 65.5 Å². The third kappa shape index (κ3) is 3.52. The van der Waals surface area contributed by atoms with Gasteiger partial charge in [0.15, 0.2) is 0 Å². The van der Waals surface area contributed by atoms with E-state index < -0.39 is 17.2 Å². The van der Waals surface area contributed by atoms with Gasteiger partial charge in [0.05, 0.1) is 5.56 Å². The molecule has 0 radical (unpaired) electrons. The van der Waals surface area contributed by atoms with Crippen LogP contribution in [0.25, 0.3) is 0 Å². The topological polar surface area (TPSA) is 0 Å². The Morgan fingerprint density at radius 1 is 0.789 bits per heavy atom. The van der Waals surface area contributed by atoms with Gasteiger partial charge in [-0.1, -0.05) is 53.7 Å². The van der Waals surface area contributed by atoms with Crippen LogP contribution in [0.1, 0.15) is 63.8 Å². The molecule has 0 nitrogen and oxygen atoms in total. The molecule has 3 heteroatoms. The van der Waals surface area contributed by atoms with Gasteiger partial charge in [0.2, 0.25) is 0 Å². The molecular formula is C16H23F3. The molecule has 108 valence electrons. The lowest BCUT2D eigenvalue weighted by Gasteiger charge is -2.29. The summed E-state index contributed by atoms with van der Waals surface area (Å²) in [6.45, 7) is 13.1. The fourth-order valence-corrected chi connectivity index (χ4v) is 2.19. The molecule has 0 aliphatic carbocycles. The van der Waals surface area contributed by atoms with Gasteiger partial charge in [-0.3, -0.25) is 0 Å². The molecule has 0 spiro atoms. The van der Waals surface area contributed by atoms with Crippen LogP contribution in [-0.2, 0) is 17.0 Å². The number of rotatable bonds is 0. The second-order valence-corrected chi connectivity index (χ2v) is 7.21. The average molecular weight is 272 g/mol. The average Bonchev–Trinajstić information content (AvgIpc) is 2.11. The van der Waals surface area contributed by atoms with Crippen LogP contribution >= 0.6 is 0 Å². The minimum atomic E-state index is -4.30. The van der Waals surface area contributed by atoms with Crippen molar-refractivity contribution in [3.05, 3.63) is 34.4 Å². The number of halogens is 3. The summed E-state index contributed by atoms with van der Waals surface area (Å²) >= 11 is 0. The van der Waals surface area contributed by atoms with Crippen molar-refractivity contribution >= 4 is 0 Å². The third-order valence-corrected chi connectivity index (χ3v) is 3.29. The van der Waals surface area contributed by atoms with E-state index in [2.05, 4.69) is 0 Å². The summed E-state index contributed by atoms with van der Waals surface area (Å²) in [4.78, 5) is 0. The zero-order valence-corrected chi connectivity index (χ0v) is 12.8. The highest BCUT2D eigenvalue weighted by atomic mass is 19.4. The molecule has 0 fully saturated rings. The maximum atomic E-state index is 13.3. The lowest BCUT2D eigenvalue weighted by molar-refractivity contribution is -0.139. The fourth-order valence-electron chi connectivity index (χ4n) is 2.19. The first kappa shape index (κ1) is 16.1. The quantitative estimate of drug-likeness (QED) is 0.576. The summed E-state index contributed by atoms with van der Waals surface area (Å²) in [6.07, 6.45) is -4.30. The highest BCUT2D eigenvalue weighted by Gasteiger charge is 2.38. The van der Waals surface area contributed by atoms with Crippen LogP contribution in [0.3, 0.4) is 0 Å². The molecule has 19 heavy (non-hydrogen) atoms. The Balaban J connectivity index is 3.68. The van der Waals surface area contributed by atoms with Gasteiger partial charge in [0.25, 0.3) is 0 Å². The van der Waals surface area contributed by atoms with E-state index in [1.807, 2.05) is 41.5 Å². The van der Waals surface area contributed by atoms with E-state index in [0.29, 0.717) is 11.1 Å². The second-order valence-electron chi connectivity index (χ2n) is 7.21. The SMILES string of the molecule is Cc1cc(C(C)(C)C)cc(C(C)(C)C)c1C(F)(F)F. The van der Waals surface area contributed by atoms with E-state index >= 15 is 0 Å². The summed E-state index contributed by atoms with van der Waals surface area (Å²) < 4.78 is 39.8. The van der Waals surface area contributed by atoms with Crippen molar-refractivity contribution in [2.24, 2.45) is 0 Å². The molecule has 0 aromatic heterocycles. The van der Waals surface area contributed by atoms with E-state index in [-0.39, 0.29) is 5.41 Å². The fraction of sp³-hybridized carbons (Fsp3) is 0.625. The molecule has 0 saturated heterocycles. The van der Waals surface area contributed by atoms with Crippen LogP contribution in [0.2, 0.25) is 0 Å².